The first-order valence-corrected chi connectivity index (χ1v) is 15.1. The fraction of sp³-hybridized carbons (Fsp3) is 0.625. The average Bonchev–Trinajstić information content (AvgIpc) is 2.00. The zero-order valence-electron chi connectivity index (χ0n) is 8.25. The molecule has 0 aromatic carbocycles. The molecule has 0 amide bonds. The van der Waals surface area contributed by atoms with Crippen LogP contribution in [-0.2, 0) is 9.53 Å². The summed E-state index contributed by atoms with van der Waals surface area (Å²) in [4.78, 5) is 11.2. The second kappa shape index (κ2) is 7.48. The first kappa shape index (κ1) is 16.2. The molecule has 90 valence electrons. The summed E-state index contributed by atoms with van der Waals surface area (Å²) < 4.78 is 5.32. The molecule has 0 saturated heterocycles. The van der Waals surface area contributed by atoms with Crippen LogP contribution in [0.4, 0.5) is 0 Å². The number of hydrogen-bond donors (Lipinski definition) is 0. The Kier molecular flexibility index (Phi) is 8.06. The molecule has 2 atom stereocenters. The van der Waals surface area contributed by atoms with Crippen molar-refractivity contribution in [1.29, 1.82) is 0 Å². The molecule has 0 radical (unpaired) electrons. The van der Waals surface area contributed by atoms with Gasteiger partial charge in [-0.15, -0.1) is 0 Å². The number of carbonyl (C=O) groups excluding carboxylic acids is 1. The molecule has 0 aliphatic carbocycles. The molecule has 0 aliphatic rings. The van der Waals surface area contributed by atoms with Gasteiger partial charge in [0.15, 0.2) is 0 Å². The normalized spacial score (nSPS) is 17.5. The van der Waals surface area contributed by atoms with Gasteiger partial charge in [-0.05, 0) is 0 Å². The zero-order valence-corrected chi connectivity index (χ0v) is 13.6. The van der Waals surface area contributed by atoms with E-state index in [1.165, 1.54) is 6.08 Å². The minimum atomic E-state index is -3.34. The standard InChI is InChI=1S/C8H12Cl4O2Te/c1-3-4-8(13)14-7(6(2)9)5-15(10,11)12/h3-4,6-7H,5H2,1-2H3/b4-3+/t6-,7+/m1/s1. The second-order valence-electron chi connectivity index (χ2n) is 2.82. The van der Waals surface area contributed by atoms with Gasteiger partial charge < -0.3 is 0 Å². The molecule has 0 aliphatic heterocycles. The van der Waals surface area contributed by atoms with E-state index >= 15 is 0 Å². The van der Waals surface area contributed by atoms with Gasteiger partial charge in [0, 0.05) is 0 Å². The molecule has 7 heteroatoms. The van der Waals surface area contributed by atoms with Crippen molar-refractivity contribution in [2.45, 2.75) is 29.8 Å². The van der Waals surface area contributed by atoms with Crippen molar-refractivity contribution in [3.05, 3.63) is 12.2 Å². The molecule has 0 spiro atoms. The summed E-state index contributed by atoms with van der Waals surface area (Å²) in [5, 5.41) is -0.374. The second-order valence-corrected chi connectivity index (χ2v) is 21.1. The van der Waals surface area contributed by atoms with Crippen LogP contribution in [0.1, 0.15) is 13.8 Å². The van der Waals surface area contributed by atoms with Crippen molar-refractivity contribution in [3.63, 3.8) is 0 Å². The van der Waals surface area contributed by atoms with Crippen LogP contribution in [0.3, 0.4) is 0 Å². The van der Waals surface area contributed by atoms with Crippen LogP contribution in [0.15, 0.2) is 12.2 Å². The molecule has 0 N–H and O–H groups in total. The Morgan fingerprint density at radius 3 is 2.33 bits per heavy atom. The Morgan fingerprint density at radius 2 is 2.00 bits per heavy atom. The van der Waals surface area contributed by atoms with Crippen LogP contribution in [0.5, 0.6) is 0 Å². The number of rotatable bonds is 5. The molecular formula is C8H12Cl4O2Te. The van der Waals surface area contributed by atoms with Crippen molar-refractivity contribution < 1.29 is 9.53 Å². The minimum absolute atomic E-state index is 0.251. The van der Waals surface area contributed by atoms with E-state index in [-0.39, 0.29) is 9.85 Å². The topological polar surface area (TPSA) is 26.3 Å². The first-order chi connectivity index (χ1) is 6.76. The van der Waals surface area contributed by atoms with Gasteiger partial charge in [0.25, 0.3) is 0 Å². The number of alkyl halides is 1. The van der Waals surface area contributed by atoms with Gasteiger partial charge >= 0.3 is 111 Å². The van der Waals surface area contributed by atoms with E-state index in [1.54, 1.807) is 19.9 Å². The Labute approximate surface area is 110 Å². The van der Waals surface area contributed by atoms with Gasteiger partial charge in [-0.3, -0.25) is 0 Å². The summed E-state index contributed by atoms with van der Waals surface area (Å²) in [6.07, 6.45) is 2.34. The van der Waals surface area contributed by atoms with E-state index in [9.17, 15) is 4.79 Å². The SMILES string of the molecule is C/C=C/C(=O)O[C@@H](C[Te](Cl)(Cl)Cl)[C@@H](C)Cl. The van der Waals surface area contributed by atoms with Gasteiger partial charge in [0.2, 0.25) is 0 Å². The van der Waals surface area contributed by atoms with Crippen molar-refractivity contribution >= 4 is 59.3 Å². The van der Waals surface area contributed by atoms with E-state index in [0.29, 0.717) is 0 Å². The zero-order chi connectivity index (χ0) is 12.1. The van der Waals surface area contributed by atoms with E-state index in [0.717, 1.165) is 0 Å². The third kappa shape index (κ3) is 8.92. The Balaban J connectivity index is 4.35. The van der Waals surface area contributed by atoms with Gasteiger partial charge in [-0.25, -0.2) is 0 Å². The Hall–Kier alpha value is 1.16. The van der Waals surface area contributed by atoms with E-state index < -0.39 is 26.9 Å². The molecule has 0 unspecified atom stereocenters. The monoisotopic (exact) mass is 410 g/mol. The van der Waals surface area contributed by atoms with E-state index in [4.69, 9.17) is 43.2 Å². The number of ether oxygens (including phenoxy) is 1. The molecule has 0 aromatic rings. The Bertz CT molecular complexity index is 237. The summed E-state index contributed by atoms with van der Waals surface area (Å²) in [5.41, 5.74) is 0. The molecule has 2 nitrogen and oxygen atoms in total. The number of halogens is 4. The number of hydrogen-bond acceptors (Lipinski definition) is 2. The van der Waals surface area contributed by atoms with Crippen molar-refractivity contribution in [1.82, 2.24) is 0 Å². The van der Waals surface area contributed by atoms with Crippen molar-refractivity contribution in [2.75, 3.05) is 0 Å². The predicted molar refractivity (Wildman–Crippen MR) is 68.1 cm³/mol. The summed E-state index contributed by atoms with van der Waals surface area (Å²) >= 11 is 2.50. The number of allylic oxidation sites excluding steroid dienone is 1. The molecule has 0 heterocycles. The van der Waals surface area contributed by atoms with Crippen LogP contribution in [0.25, 0.3) is 0 Å². The molecule has 0 rings (SSSR count). The molecular weight excluding hydrogens is 397 g/mol. The fourth-order valence-electron chi connectivity index (χ4n) is 0.771. The van der Waals surface area contributed by atoms with Gasteiger partial charge in [0.1, 0.15) is 0 Å². The van der Waals surface area contributed by atoms with Crippen LogP contribution in [-0.4, -0.2) is 32.3 Å². The predicted octanol–water partition coefficient (Wildman–Crippen LogP) is 3.76. The molecule has 0 saturated carbocycles. The maximum atomic E-state index is 11.2. The number of esters is 1. The summed E-state index contributed by atoms with van der Waals surface area (Å²) in [6.45, 7) is 3.42. The van der Waals surface area contributed by atoms with Gasteiger partial charge in [0.05, 0.1) is 0 Å². The van der Waals surface area contributed by atoms with E-state index in [2.05, 4.69) is 0 Å². The summed E-state index contributed by atoms with van der Waals surface area (Å²) in [7, 11) is 17.4. The first-order valence-electron chi connectivity index (χ1n) is 4.13. The van der Waals surface area contributed by atoms with Crippen molar-refractivity contribution in [3.8, 4) is 0 Å². The van der Waals surface area contributed by atoms with Crippen LogP contribution < -0.4 is 0 Å². The number of carbonyl (C=O) groups is 1. The third-order valence-corrected chi connectivity index (χ3v) is 6.27. The third-order valence-electron chi connectivity index (χ3n) is 1.44. The maximum absolute atomic E-state index is 11.2. The average molecular weight is 410 g/mol. The van der Waals surface area contributed by atoms with Crippen LogP contribution >= 0.6 is 38.5 Å². The Morgan fingerprint density at radius 1 is 1.47 bits per heavy atom. The van der Waals surface area contributed by atoms with Crippen LogP contribution in [0, 0.1) is 0 Å². The fourth-order valence-corrected chi connectivity index (χ4v) is 5.82. The quantitative estimate of drug-likeness (QED) is 0.299. The van der Waals surface area contributed by atoms with Crippen molar-refractivity contribution in [2.24, 2.45) is 0 Å². The molecule has 15 heavy (non-hydrogen) atoms. The molecule has 0 fully saturated rings. The summed E-state index contributed by atoms with van der Waals surface area (Å²) in [6, 6.07) is 0. The van der Waals surface area contributed by atoms with E-state index in [1.807, 2.05) is 0 Å². The van der Waals surface area contributed by atoms with Gasteiger partial charge in [-0.1, -0.05) is 0 Å². The molecule has 0 bridgehead atoms. The summed E-state index contributed by atoms with van der Waals surface area (Å²) in [5.74, 6) is -0.466. The van der Waals surface area contributed by atoms with Gasteiger partial charge in [-0.2, -0.15) is 0 Å². The van der Waals surface area contributed by atoms with Crippen LogP contribution in [0.2, 0.25) is 4.47 Å². The molecule has 0 aromatic heterocycles.